The summed E-state index contributed by atoms with van der Waals surface area (Å²) < 4.78 is 0. The fraction of sp³-hybridized carbons (Fsp3) is 0.667. The fourth-order valence-corrected chi connectivity index (χ4v) is 1.44. The zero-order chi connectivity index (χ0) is 8.97. The largest absolute Gasteiger partial charge is 0.341 e. The Labute approximate surface area is 73.4 Å². The second-order valence-electron chi connectivity index (χ2n) is 3.09. The molecule has 3 heteroatoms. The number of amides is 2. The third kappa shape index (κ3) is 2.00. The molecule has 0 aliphatic heterocycles. The molecule has 12 heavy (non-hydrogen) atoms. The van der Waals surface area contributed by atoms with E-state index in [1.807, 2.05) is 7.05 Å². The average molecular weight is 168 g/mol. The van der Waals surface area contributed by atoms with Crippen LogP contribution in [0.5, 0.6) is 0 Å². The summed E-state index contributed by atoms with van der Waals surface area (Å²) in [7, 11) is 3.49. The van der Waals surface area contributed by atoms with Gasteiger partial charge in [-0.05, 0) is 19.3 Å². The molecule has 0 fully saturated rings. The molecule has 1 aliphatic carbocycles. The van der Waals surface area contributed by atoms with Crippen molar-refractivity contribution < 1.29 is 4.79 Å². The van der Waals surface area contributed by atoms with E-state index in [9.17, 15) is 4.79 Å². The molecule has 0 saturated heterocycles. The first-order valence-electron chi connectivity index (χ1n) is 4.37. The summed E-state index contributed by atoms with van der Waals surface area (Å²) in [5.74, 6) is 0. The number of likely N-dealkylation sites (N-methyl/N-ethyl adjacent to an activating group) is 1. The van der Waals surface area contributed by atoms with E-state index in [0.29, 0.717) is 6.04 Å². The van der Waals surface area contributed by atoms with Crippen LogP contribution in [-0.2, 0) is 0 Å². The number of carbonyl (C=O) groups is 1. The Kier molecular flexibility index (Phi) is 3.14. The van der Waals surface area contributed by atoms with Gasteiger partial charge < -0.3 is 10.2 Å². The van der Waals surface area contributed by atoms with Gasteiger partial charge in [-0.2, -0.15) is 0 Å². The van der Waals surface area contributed by atoms with E-state index in [1.54, 1.807) is 11.9 Å². The first-order valence-corrected chi connectivity index (χ1v) is 4.37. The van der Waals surface area contributed by atoms with E-state index in [1.165, 1.54) is 6.42 Å². The number of hydrogen-bond acceptors (Lipinski definition) is 1. The highest BCUT2D eigenvalue weighted by Crippen LogP contribution is 2.14. The van der Waals surface area contributed by atoms with Crippen LogP contribution in [0.25, 0.3) is 0 Å². The number of rotatable bonds is 1. The Morgan fingerprint density at radius 2 is 2.42 bits per heavy atom. The zero-order valence-corrected chi connectivity index (χ0v) is 7.71. The minimum absolute atomic E-state index is 0.00782. The predicted octanol–water partition coefficient (Wildman–Crippen LogP) is 1.37. The van der Waals surface area contributed by atoms with Crippen molar-refractivity contribution in [1.82, 2.24) is 10.2 Å². The molecule has 0 aromatic carbocycles. The molecule has 0 spiro atoms. The molecule has 0 aromatic rings. The third-order valence-corrected chi connectivity index (χ3v) is 2.26. The molecule has 1 N–H and O–H groups in total. The number of allylic oxidation sites excluding steroid dienone is 1. The van der Waals surface area contributed by atoms with E-state index in [0.717, 1.165) is 12.8 Å². The maximum atomic E-state index is 11.2. The van der Waals surface area contributed by atoms with Crippen LogP contribution in [-0.4, -0.2) is 31.1 Å². The topological polar surface area (TPSA) is 32.3 Å². The Balaban J connectivity index is 2.50. The van der Waals surface area contributed by atoms with Crippen molar-refractivity contribution in [3.05, 3.63) is 12.2 Å². The SMILES string of the molecule is CNC(=O)N(C)C1C=CCCC1. The summed E-state index contributed by atoms with van der Waals surface area (Å²) >= 11 is 0. The maximum Gasteiger partial charge on any atom is 0.317 e. The first-order chi connectivity index (χ1) is 5.75. The van der Waals surface area contributed by atoms with E-state index >= 15 is 0 Å². The summed E-state index contributed by atoms with van der Waals surface area (Å²) in [6.45, 7) is 0. The van der Waals surface area contributed by atoms with Gasteiger partial charge in [-0.1, -0.05) is 12.2 Å². The van der Waals surface area contributed by atoms with Crippen molar-refractivity contribution in [2.45, 2.75) is 25.3 Å². The molecule has 68 valence electrons. The van der Waals surface area contributed by atoms with Crippen molar-refractivity contribution in [1.29, 1.82) is 0 Å². The lowest BCUT2D eigenvalue weighted by Gasteiger charge is -2.27. The van der Waals surface area contributed by atoms with Crippen LogP contribution in [0.4, 0.5) is 4.79 Å². The fourth-order valence-electron chi connectivity index (χ4n) is 1.44. The number of nitrogens with zero attached hydrogens (tertiary/aromatic N) is 1. The molecule has 1 atom stereocenters. The molecule has 2 amide bonds. The molecular weight excluding hydrogens is 152 g/mol. The predicted molar refractivity (Wildman–Crippen MR) is 49.0 cm³/mol. The molecule has 0 radical (unpaired) electrons. The van der Waals surface area contributed by atoms with Gasteiger partial charge in [-0.25, -0.2) is 4.79 Å². The average Bonchev–Trinajstić information content (AvgIpc) is 2.17. The quantitative estimate of drug-likeness (QED) is 0.589. The molecular formula is C9H16N2O. The highest BCUT2D eigenvalue weighted by atomic mass is 16.2. The lowest BCUT2D eigenvalue weighted by atomic mass is 10.0. The Hall–Kier alpha value is -0.990. The van der Waals surface area contributed by atoms with Gasteiger partial charge in [0.15, 0.2) is 0 Å². The van der Waals surface area contributed by atoms with Crippen LogP contribution < -0.4 is 5.32 Å². The summed E-state index contributed by atoms with van der Waals surface area (Å²) in [6.07, 6.45) is 7.67. The van der Waals surface area contributed by atoms with Crippen LogP contribution in [0, 0.1) is 0 Å². The van der Waals surface area contributed by atoms with Crippen LogP contribution >= 0.6 is 0 Å². The molecule has 0 heterocycles. The number of urea groups is 1. The summed E-state index contributed by atoms with van der Waals surface area (Å²) in [5, 5.41) is 2.62. The smallest absolute Gasteiger partial charge is 0.317 e. The van der Waals surface area contributed by atoms with E-state index in [4.69, 9.17) is 0 Å². The Bertz CT molecular complexity index is 189. The zero-order valence-electron chi connectivity index (χ0n) is 7.71. The van der Waals surface area contributed by atoms with Crippen LogP contribution in [0.1, 0.15) is 19.3 Å². The van der Waals surface area contributed by atoms with Crippen molar-refractivity contribution in [2.24, 2.45) is 0 Å². The van der Waals surface area contributed by atoms with Gasteiger partial charge >= 0.3 is 6.03 Å². The molecule has 3 nitrogen and oxygen atoms in total. The molecule has 0 saturated carbocycles. The highest BCUT2D eigenvalue weighted by Gasteiger charge is 2.17. The molecule has 1 unspecified atom stereocenters. The molecule has 0 bridgehead atoms. The number of nitrogens with one attached hydrogen (secondary N) is 1. The standard InChI is InChI=1S/C9H16N2O/c1-10-9(12)11(2)8-6-4-3-5-7-8/h4,6,8H,3,5,7H2,1-2H3,(H,10,12). The van der Waals surface area contributed by atoms with Crippen molar-refractivity contribution in [3.8, 4) is 0 Å². The van der Waals surface area contributed by atoms with E-state index in [2.05, 4.69) is 17.5 Å². The second-order valence-corrected chi connectivity index (χ2v) is 3.09. The lowest BCUT2D eigenvalue weighted by Crippen LogP contribution is -2.41. The minimum atomic E-state index is -0.00782. The second kappa shape index (κ2) is 4.14. The van der Waals surface area contributed by atoms with Gasteiger partial charge in [0.1, 0.15) is 0 Å². The monoisotopic (exact) mass is 168 g/mol. The minimum Gasteiger partial charge on any atom is -0.341 e. The van der Waals surface area contributed by atoms with Crippen LogP contribution in [0.2, 0.25) is 0 Å². The molecule has 0 aromatic heterocycles. The lowest BCUT2D eigenvalue weighted by molar-refractivity contribution is 0.198. The Morgan fingerprint density at radius 3 is 2.92 bits per heavy atom. The number of carbonyl (C=O) groups excluding carboxylic acids is 1. The summed E-state index contributed by atoms with van der Waals surface area (Å²) in [5.41, 5.74) is 0. The summed E-state index contributed by atoms with van der Waals surface area (Å²) in [4.78, 5) is 12.9. The normalized spacial score (nSPS) is 22.0. The van der Waals surface area contributed by atoms with Crippen LogP contribution in [0.15, 0.2) is 12.2 Å². The Morgan fingerprint density at radius 1 is 1.67 bits per heavy atom. The van der Waals surface area contributed by atoms with Crippen molar-refractivity contribution in [3.63, 3.8) is 0 Å². The molecule has 1 rings (SSSR count). The third-order valence-electron chi connectivity index (χ3n) is 2.26. The van der Waals surface area contributed by atoms with Gasteiger partial charge in [0.25, 0.3) is 0 Å². The van der Waals surface area contributed by atoms with Crippen molar-refractivity contribution >= 4 is 6.03 Å². The van der Waals surface area contributed by atoms with Gasteiger partial charge in [-0.3, -0.25) is 0 Å². The van der Waals surface area contributed by atoms with E-state index < -0.39 is 0 Å². The van der Waals surface area contributed by atoms with Crippen LogP contribution in [0.3, 0.4) is 0 Å². The van der Waals surface area contributed by atoms with Gasteiger partial charge in [0.05, 0.1) is 6.04 Å². The van der Waals surface area contributed by atoms with Gasteiger partial charge in [0.2, 0.25) is 0 Å². The van der Waals surface area contributed by atoms with Gasteiger partial charge in [0, 0.05) is 14.1 Å². The highest BCUT2D eigenvalue weighted by molar-refractivity contribution is 5.74. The first kappa shape index (κ1) is 9.10. The number of hydrogen-bond donors (Lipinski definition) is 1. The summed E-state index contributed by atoms with van der Waals surface area (Å²) in [6, 6.07) is 0.283. The maximum absolute atomic E-state index is 11.2. The molecule has 1 aliphatic rings. The van der Waals surface area contributed by atoms with Crippen molar-refractivity contribution in [2.75, 3.05) is 14.1 Å². The van der Waals surface area contributed by atoms with E-state index in [-0.39, 0.29) is 6.03 Å². The van der Waals surface area contributed by atoms with Gasteiger partial charge in [-0.15, -0.1) is 0 Å².